The standard InChI is InChI=1S/C15H25N3O2/c1-4-12(5-6-13(16)11-20-3)15(19)17-14-7-9-18(2)10-8-14/h4-6,14H,1,7-11,16H2,2-3H3,(H,17,19)/b12-5+,13-6+. The molecule has 0 radical (unpaired) electrons. The molecule has 5 heteroatoms. The number of hydrogen-bond donors (Lipinski definition) is 2. The quantitative estimate of drug-likeness (QED) is 0.557. The summed E-state index contributed by atoms with van der Waals surface area (Å²) in [6, 6.07) is 0.238. The Morgan fingerprint density at radius 3 is 2.65 bits per heavy atom. The lowest BCUT2D eigenvalue weighted by Crippen LogP contribution is -2.43. The van der Waals surface area contributed by atoms with Crippen molar-refractivity contribution in [2.24, 2.45) is 5.73 Å². The van der Waals surface area contributed by atoms with Crippen LogP contribution in [-0.4, -0.2) is 50.7 Å². The largest absolute Gasteiger partial charge is 0.400 e. The highest BCUT2D eigenvalue weighted by atomic mass is 16.5. The third-order valence-corrected chi connectivity index (χ3v) is 3.32. The Morgan fingerprint density at radius 1 is 1.45 bits per heavy atom. The molecule has 0 atom stereocenters. The van der Waals surface area contributed by atoms with E-state index in [1.165, 1.54) is 0 Å². The van der Waals surface area contributed by atoms with Crippen LogP contribution in [0.3, 0.4) is 0 Å². The number of likely N-dealkylation sites (tertiary alicyclic amines) is 1. The van der Waals surface area contributed by atoms with Crippen LogP contribution in [0.1, 0.15) is 12.8 Å². The van der Waals surface area contributed by atoms with Gasteiger partial charge in [0.25, 0.3) is 5.91 Å². The van der Waals surface area contributed by atoms with E-state index in [1.54, 1.807) is 25.3 Å². The number of nitrogens with zero attached hydrogens (tertiary/aromatic N) is 1. The molecule has 1 aliphatic heterocycles. The van der Waals surface area contributed by atoms with Crippen LogP contribution in [-0.2, 0) is 9.53 Å². The molecule has 1 heterocycles. The lowest BCUT2D eigenvalue weighted by Gasteiger charge is -2.29. The van der Waals surface area contributed by atoms with Gasteiger partial charge in [0.15, 0.2) is 0 Å². The van der Waals surface area contributed by atoms with Crippen LogP contribution in [0.25, 0.3) is 0 Å². The van der Waals surface area contributed by atoms with Gasteiger partial charge < -0.3 is 20.7 Å². The lowest BCUT2D eigenvalue weighted by molar-refractivity contribution is -0.118. The van der Waals surface area contributed by atoms with E-state index < -0.39 is 0 Å². The van der Waals surface area contributed by atoms with Crippen LogP contribution >= 0.6 is 0 Å². The van der Waals surface area contributed by atoms with E-state index >= 15 is 0 Å². The van der Waals surface area contributed by atoms with E-state index in [9.17, 15) is 4.79 Å². The second kappa shape index (κ2) is 8.55. The highest BCUT2D eigenvalue weighted by Gasteiger charge is 2.18. The first-order valence-corrected chi connectivity index (χ1v) is 6.84. The Labute approximate surface area is 121 Å². The van der Waals surface area contributed by atoms with Gasteiger partial charge in [0.2, 0.25) is 0 Å². The molecule has 1 fully saturated rings. The minimum absolute atomic E-state index is 0.101. The number of nitrogens with two attached hydrogens (primary N) is 1. The maximum Gasteiger partial charge on any atom is 0.251 e. The monoisotopic (exact) mass is 279 g/mol. The molecule has 1 aliphatic rings. The van der Waals surface area contributed by atoms with Gasteiger partial charge in [-0.25, -0.2) is 0 Å². The molecule has 0 spiro atoms. The summed E-state index contributed by atoms with van der Waals surface area (Å²) < 4.78 is 4.91. The number of carbonyl (C=O) groups is 1. The molecular formula is C15H25N3O2. The summed E-state index contributed by atoms with van der Waals surface area (Å²) in [5.41, 5.74) is 6.79. The van der Waals surface area contributed by atoms with Crippen LogP contribution in [0.5, 0.6) is 0 Å². The first-order chi connectivity index (χ1) is 9.56. The average Bonchev–Trinajstić information content (AvgIpc) is 2.42. The van der Waals surface area contributed by atoms with E-state index in [1.807, 2.05) is 0 Å². The number of rotatable bonds is 6. The summed E-state index contributed by atoms with van der Waals surface area (Å²) in [6.07, 6.45) is 6.85. The molecule has 0 unspecified atom stereocenters. The Morgan fingerprint density at radius 2 is 2.10 bits per heavy atom. The first kappa shape index (κ1) is 16.5. The van der Waals surface area contributed by atoms with Crippen LogP contribution in [0, 0.1) is 0 Å². The zero-order valence-electron chi connectivity index (χ0n) is 12.4. The zero-order chi connectivity index (χ0) is 15.0. The van der Waals surface area contributed by atoms with E-state index in [0.717, 1.165) is 25.9 Å². The predicted molar refractivity (Wildman–Crippen MR) is 81.1 cm³/mol. The van der Waals surface area contributed by atoms with Crippen molar-refractivity contribution >= 4 is 5.91 Å². The normalized spacial score (nSPS) is 18.9. The maximum absolute atomic E-state index is 12.1. The predicted octanol–water partition coefficient (Wildman–Crippen LogP) is 0.798. The zero-order valence-corrected chi connectivity index (χ0v) is 12.4. The Hall–Kier alpha value is -1.59. The van der Waals surface area contributed by atoms with Crippen molar-refractivity contribution in [1.29, 1.82) is 0 Å². The smallest absolute Gasteiger partial charge is 0.251 e. The van der Waals surface area contributed by atoms with E-state index in [4.69, 9.17) is 10.5 Å². The average molecular weight is 279 g/mol. The Kier molecular flexibility index (Phi) is 7.04. The van der Waals surface area contributed by atoms with Crippen molar-refractivity contribution in [2.45, 2.75) is 18.9 Å². The summed E-state index contributed by atoms with van der Waals surface area (Å²) in [7, 11) is 3.67. The molecule has 20 heavy (non-hydrogen) atoms. The topological polar surface area (TPSA) is 67.6 Å². The minimum Gasteiger partial charge on any atom is -0.400 e. The number of allylic oxidation sites excluding steroid dienone is 2. The molecule has 5 nitrogen and oxygen atoms in total. The van der Waals surface area contributed by atoms with Gasteiger partial charge in [0.1, 0.15) is 0 Å². The van der Waals surface area contributed by atoms with Crippen LogP contribution in [0.4, 0.5) is 0 Å². The van der Waals surface area contributed by atoms with Crippen LogP contribution in [0.15, 0.2) is 36.1 Å². The van der Waals surface area contributed by atoms with Crippen LogP contribution < -0.4 is 11.1 Å². The van der Waals surface area contributed by atoms with E-state index in [0.29, 0.717) is 17.9 Å². The number of hydrogen-bond acceptors (Lipinski definition) is 4. The van der Waals surface area contributed by atoms with Gasteiger partial charge in [-0.05, 0) is 45.1 Å². The number of methoxy groups -OCH3 is 1. The highest BCUT2D eigenvalue weighted by Crippen LogP contribution is 2.09. The van der Waals surface area contributed by atoms with Gasteiger partial charge in [-0.3, -0.25) is 4.79 Å². The molecule has 112 valence electrons. The van der Waals surface area contributed by atoms with Gasteiger partial charge in [-0.1, -0.05) is 12.7 Å². The van der Waals surface area contributed by atoms with E-state index in [-0.39, 0.29) is 11.9 Å². The maximum atomic E-state index is 12.1. The third-order valence-electron chi connectivity index (χ3n) is 3.32. The van der Waals surface area contributed by atoms with E-state index in [2.05, 4.69) is 23.8 Å². The SMILES string of the molecule is C=C/C(=C\C=C(\N)COC)C(=O)NC1CCN(C)CC1. The van der Waals surface area contributed by atoms with Crippen molar-refractivity contribution in [3.63, 3.8) is 0 Å². The molecule has 3 N–H and O–H groups in total. The summed E-state index contributed by atoms with van der Waals surface area (Å²) in [4.78, 5) is 14.4. The molecule has 1 amide bonds. The van der Waals surface area contributed by atoms with Gasteiger partial charge in [0.05, 0.1) is 6.61 Å². The first-order valence-electron chi connectivity index (χ1n) is 6.84. The fourth-order valence-electron chi connectivity index (χ4n) is 2.07. The molecule has 1 saturated heterocycles. The molecule has 0 saturated carbocycles. The van der Waals surface area contributed by atoms with Crippen molar-refractivity contribution in [1.82, 2.24) is 10.2 Å². The van der Waals surface area contributed by atoms with Gasteiger partial charge in [-0.15, -0.1) is 0 Å². The van der Waals surface area contributed by atoms with Crippen LogP contribution in [0.2, 0.25) is 0 Å². The minimum atomic E-state index is -0.101. The van der Waals surface area contributed by atoms with Crippen molar-refractivity contribution in [3.8, 4) is 0 Å². The summed E-state index contributed by atoms with van der Waals surface area (Å²) in [6.45, 7) is 6.04. The van der Waals surface area contributed by atoms with Crippen molar-refractivity contribution in [2.75, 3.05) is 33.9 Å². The molecule has 1 rings (SSSR count). The molecule has 0 aromatic carbocycles. The fraction of sp³-hybridized carbons (Fsp3) is 0.533. The second-order valence-electron chi connectivity index (χ2n) is 5.05. The number of ether oxygens (including phenoxy) is 1. The molecule has 0 aliphatic carbocycles. The lowest BCUT2D eigenvalue weighted by atomic mass is 10.0. The number of amides is 1. The van der Waals surface area contributed by atoms with Gasteiger partial charge >= 0.3 is 0 Å². The third kappa shape index (κ3) is 5.59. The molecular weight excluding hydrogens is 254 g/mol. The molecule has 0 bridgehead atoms. The van der Waals surface area contributed by atoms with Crippen molar-refractivity contribution < 1.29 is 9.53 Å². The number of piperidine rings is 1. The highest BCUT2D eigenvalue weighted by molar-refractivity contribution is 5.96. The molecule has 0 aromatic heterocycles. The summed E-state index contributed by atoms with van der Waals surface area (Å²) >= 11 is 0. The second-order valence-corrected chi connectivity index (χ2v) is 5.05. The summed E-state index contributed by atoms with van der Waals surface area (Å²) in [5, 5.41) is 3.04. The van der Waals surface area contributed by atoms with Gasteiger partial charge in [0, 0.05) is 24.4 Å². The fourth-order valence-corrected chi connectivity index (χ4v) is 2.07. The van der Waals surface area contributed by atoms with Crippen molar-refractivity contribution in [3.05, 3.63) is 36.1 Å². The Bertz CT molecular complexity index is 394. The summed E-state index contributed by atoms with van der Waals surface area (Å²) in [5.74, 6) is -0.101. The van der Waals surface area contributed by atoms with Gasteiger partial charge in [-0.2, -0.15) is 0 Å². The number of nitrogens with one attached hydrogen (secondary N) is 1. The number of carbonyl (C=O) groups excluding carboxylic acids is 1. The molecule has 0 aromatic rings. The Balaban J connectivity index is 2.56.